The largest absolute Gasteiger partial charge is 0.0628 e. The van der Waals surface area contributed by atoms with Gasteiger partial charge in [0.15, 0.2) is 0 Å². The summed E-state index contributed by atoms with van der Waals surface area (Å²) in [5, 5.41) is 0. The van der Waals surface area contributed by atoms with Crippen molar-refractivity contribution in [1.29, 1.82) is 0 Å². The van der Waals surface area contributed by atoms with E-state index in [0.29, 0.717) is 5.41 Å². The van der Waals surface area contributed by atoms with Crippen molar-refractivity contribution in [2.45, 2.75) is 47.0 Å². The van der Waals surface area contributed by atoms with Gasteiger partial charge in [-0.05, 0) is 42.2 Å². The molecule has 0 saturated carbocycles. The van der Waals surface area contributed by atoms with Gasteiger partial charge in [-0.3, -0.25) is 0 Å². The molecule has 0 N–H and O–H groups in total. The molecule has 0 spiro atoms. The molecule has 0 nitrogen and oxygen atoms in total. The van der Waals surface area contributed by atoms with Crippen molar-refractivity contribution in [3.63, 3.8) is 0 Å². The zero-order valence-corrected chi connectivity index (χ0v) is 10.5. The lowest BCUT2D eigenvalue weighted by atomic mass is 9.79. The number of rotatable bonds is 5. The van der Waals surface area contributed by atoms with E-state index in [9.17, 15) is 0 Å². The van der Waals surface area contributed by atoms with Crippen LogP contribution in [-0.2, 0) is 6.42 Å². The molecule has 1 radical (unpaired) electrons. The molecule has 0 saturated heterocycles. The van der Waals surface area contributed by atoms with Crippen LogP contribution in [0.4, 0.5) is 0 Å². The fourth-order valence-electron chi connectivity index (χ4n) is 2.28. The van der Waals surface area contributed by atoms with Gasteiger partial charge < -0.3 is 0 Å². The van der Waals surface area contributed by atoms with Crippen LogP contribution in [0.3, 0.4) is 0 Å². The molecule has 0 fully saturated rings. The smallest absolute Gasteiger partial charge is 0.0184 e. The predicted octanol–water partition coefficient (Wildman–Crippen LogP) is 4.49. The van der Waals surface area contributed by atoms with Crippen molar-refractivity contribution < 1.29 is 0 Å². The van der Waals surface area contributed by atoms with Crippen molar-refractivity contribution in [2.75, 3.05) is 0 Å². The first-order chi connectivity index (χ1) is 6.99. The highest BCUT2D eigenvalue weighted by Gasteiger charge is 2.18. The highest BCUT2D eigenvalue weighted by molar-refractivity contribution is 5.14. The summed E-state index contributed by atoms with van der Waals surface area (Å²) >= 11 is 0. The maximum absolute atomic E-state index is 3.06. The van der Waals surface area contributed by atoms with Crippen molar-refractivity contribution in [2.24, 2.45) is 11.3 Å². The summed E-state index contributed by atoms with van der Waals surface area (Å²) in [6.07, 6.45) is 3.77. The molecule has 15 heavy (non-hydrogen) atoms. The van der Waals surface area contributed by atoms with Crippen molar-refractivity contribution in [1.82, 2.24) is 0 Å². The SMILES string of the molecule is CC(C)CC(C)(C)CCc1cc[c]cc1. The summed E-state index contributed by atoms with van der Waals surface area (Å²) in [7, 11) is 0. The van der Waals surface area contributed by atoms with Crippen molar-refractivity contribution in [3.8, 4) is 0 Å². The summed E-state index contributed by atoms with van der Waals surface area (Å²) in [6, 6.07) is 11.4. The van der Waals surface area contributed by atoms with Crippen LogP contribution < -0.4 is 0 Å². The Bertz CT molecular complexity index is 269. The zero-order valence-electron chi connectivity index (χ0n) is 10.5. The van der Waals surface area contributed by atoms with Gasteiger partial charge in [0, 0.05) is 0 Å². The maximum atomic E-state index is 3.06. The van der Waals surface area contributed by atoms with Crippen molar-refractivity contribution >= 4 is 0 Å². The van der Waals surface area contributed by atoms with Crippen LogP contribution in [0.2, 0.25) is 0 Å². The van der Waals surface area contributed by atoms with Crippen LogP contribution in [0.1, 0.15) is 46.1 Å². The van der Waals surface area contributed by atoms with Crippen LogP contribution in [-0.4, -0.2) is 0 Å². The lowest BCUT2D eigenvalue weighted by Gasteiger charge is -2.26. The summed E-state index contributed by atoms with van der Waals surface area (Å²) in [5.74, 6) is 0.795. The molecule has 0 aliphatic rings. The molecule has 0 atom stereocenters. The molecule has 1 aromatic carbocycles. The first kappa shape index (κ1) is 12.3. The Morgan fingerprint density at radius 1 is 1.20 bits per heavy atom. The fourth-order valence-corrected chi connectivity index (χ4v) is 2.28. The van der Waals surface area contributed by atoms with E-state index in [0.717, 1.165) is 5.92 Å². The van der Waals surface area contributed by atoms with Gasteiger partial charge >= 0.3 is 0 Å². The van der Waals surface area contributed by atoms with Crippen LogP contribution >= 0.6 is 0 Å². The van der Waals surface area contributed by atoms with Gasteiger partial charge in [-0.2, -0.15) is 0 Å². The Labute approximate surface area is 94.7 Å². The average Bonchev–Trinajstić information content (AvgIpc) is 2.15. The molecule has 0 unspecified atom stereocenters. The summed E-state index contributed by atoms with van der Waals surface area (Å²) in [5.41, 5.74) is 1.90. The molecule has 0 aliphatic heterocycles. The molecule has 1 rings (SSSR count). The number of benzene rings is 1. The first-order valence-corrected chi connectivity index (χ1v) is 5.94. The maximum Gasteiger partial charge on any atom is -0.0184 e. The molecule has 0 heteroatoms. The molecular weight excluding hydrogens is 180 g/mol. The van der Waals surface area contributed by atoms with Gasteiger partial charge in [0.1, 0.15) is 0 Å². The zero-order chi connectivity index (χ0) is 11.3. The minimum Gasteiger partial charge on any atom is -0.0628 e. The second kappa shape index (κ2) is 5.34. The van der Waals surface area contributed by atoms with E-state index in [-0.39, 0.29) is 0 Å². The minimum absolute atomic E-state index is 0.466. The van der Waals surface area contributed by atoms with Gasteiger partial charge in [0.25, 0.3) is 0 Å². The van der Waals surface area contributed by atoms with E-state index in [1.54, 1.807) is 0 Å². The highest BCUT2D eigenvalue weighted by Crippen LogP contribution is 2.30. The lowest BCUT2D eigenvalue weighted by Crippen LogP contribution is -2.15. The lowest BCUT2D eigenvalue weighted by molar-refractivity contribution is 0.266. The van der Waals surface area contributed by atoms with E-state index < -0.39 is 0 Å². The molecule has 1 aromatic rings. The Morgan fingerprint density at radius 2 is 1.80 bits per heavy atom. The Kier molecular flexibility index (Phi) is 4.38. The van der Waals surface area contributed by atoms with Gasteiger partial charge in [0.05, 0.1) is 0 Å². The van der Waals surface area contributed by atoms with Gasteiger partial charge in [-0.25, -0.2) is 0 Å². The van der Waals surface area contributed by atoms with E-state index >= 15 is 0 Å². The molecule has 0 amide bonds. The number of hydrogen-bond acceptors (Lipinski definition) is 0. The highest BCUT2D eigenvalue weighted by atomic mass is 14.2. The van der Waals surface area contributed by atoms with E-state index in [1.165, 1.54) is 24.8 Å². The molecule has 83 valence electrons. The van der Waals surface area contributed by atoms with Crippen LogP contribution in [0.15, 0.2) is 24.3 Å². The van der Waals surface area contributed by atoms with Crippen molar-refractivity contribution in [3.05, 3.63) is 35.9 Å². The predicted molar refractivity (Wildman–Crippen MR) is 66.8 cm³/mol. The monoisotopic (exact) mass is 203 g/mol. The number of aryl methyl sites for hydroxylation is 1. The Hall–Kier alpha value is -0.780. The van der Waals surface area contributed by atoms with E-state index in [1.807, 2.05) is 12.1 Å². The second-order valence-corrected chi connectivity index (χ2v) is 5.67. The topological polar surface area (TPSA) is 0 Å². The Morgan fingerprint density at radius 3 is 2.33 bits per heavy atom. The fraction of sp³-hybridized carbons (Fsp3) is 0.600. The minimum atomic E-state index is 0.466. The third-order valence-electron chi connectivity index (χ3n) is 2.84. The van der Waals surface area contributed by atoms with E-state index in [4.69, 9.17) is 0 Å². The third-order valence-corrected chi connectivity index (χ3v) is 2.84. The summed E-state index contributed by atoms with van der Waals surface area (Å²) in [6.45, 7) is 9.36. The quantitative estimate of drug-likeness (QED) is 0.661. The number of hydrogen-bond donors (Lipinski definition) is 0. The van der Waals surface area contributed by atoms with Gasteiger partial charge in [-0.1, -0.05) is 52.0 Å². The molecule has 0 bridgehead atoms. The molecule has 0 heterocycles. The van der Waals surface area contributed by atoms with Crippen LogP contribution in [0, 0.1) is 17.4 Å². The third kappa shape index (κ3) is 5.01. The normalized spacial score (nSPS) is 12.1. The van der Waals surface area contributed by atoms with Crippen LogP contribution in [0.25, 0.3) is 0 Å². The molecule has 0 aliphatic carbocycles. The Balaban J connectivity index is 2.42. The molecular formula is C15H23. The summed E-state index contributed by atoms with van der Waals surface area (Å²) < 4.78 is 0. The summed E-state index contributed by atoms with van der Waals surface area (Å²) in [4.78, 5) is 0. The molecule has 0 aromatic heterocycles. The first-order valence-electron chi connectivity index (χ1n) is 5.94. The van der Waals surface area contributed by atoms with E-state index in [2.05, 4.69) is 45.9 Å². The average molecular weight is 203 g/mol. The standard InChI is InChI=1S/C15H23/c1-13(2)12-15(3,4)11-10-14-8-6-5-7-9-14/h6-9,13H,10-12H2,1-4H3. The van der Waals surface area contributed by atoms with Gasteiger partial charge in [0.2, 0.25) is 0 Å². The van der Waals surface area contributed by atoms with Gasteiger partial charge in [-0.15, -0.1) is 0 Å². The second-order valence-electron chi connectivity index (χ2n) is 5.67. The van der Waals surface area contributed by atoms with Crippen LogP contribution in [0.5, 0.6) is 0 Å².